The smallest absolute Gasteiger partial charge is 0.387 e. The van der Waals surface area contributed by atoms with Crippen LogP contribution in [0, 0.1) is 27.7 Å². The topological polar surface area (TPSA) is 30.2 Å². The summed E-state index contributed by atoms with van der Waals surface area (Å²) in [6.45, 7) is 8.55. The van der Waals surface area contributed by atoms with Crippen LogP contribution < -0.4 is 4.57 Å². The van der Waals surface area contributed by atoms with Gasteiger partial charge in [0.05, 0.1) is 5.56 Å². The number of benzene rings is 4. The first-order valence-electron chi connectivity index (χ1n) is 11.6. The summed E-state index contributed by atoms with van der Waals surface area (Å²) in [4.78, 5) is 0. The summed E-state index contributed by atoms with van der Waals surface area (Å²) < 4.78 is 15.5. The van der Waals surface area contributed by atoms with Gasteiger partial charge in [-0.1, -0.05) is 72.8 Å². The van der Waals surface area contributed by atoms with Gasteiger partial charge in [0.1, 0.15) is 5.58 Å². The second-order valence-electron chi connectivity index (χ2n) is 9.00. The van der Waals surface area contributed by atoms with Crippen molar-refractivity contribution in [3.8, 4) is 28.5 Å². The summed E-state index contributed by atoms with van der Waals surface area (Å²) in [6, 6.07) is 29.3. The highest BCUT2D eigenvalue weighted by molar-refractivity contribution is 6.07. The molecule has 0 aliphatic rings. The lowest BCUT2D eigenvalue weighted by atomic mass is 10.0. The van der Waals surface area contributed by atoms with E-state index in [-0.39, 0.29) is 0 Å². The molecular formula is C31H26NO2+. The van der Waals surface area contributed by atoms with Crippen LogP contribution in [0.2, 0.25) is 0 Å². The third kappa shape index (κ3) is 3.01. The zero-order valence-electron chi connectivity index (χ0n) is 19.8. The monoisotopic (exact) mass is 444 g/mol. The van der Waals surface area contributed by atoms with Gasteiger partial charge in [-0.25, -0.2) is 0 Å². The van der Waals surface area contributed by atoms with E-state index in [1.165, 1.54) is 11.1 Å². The van der Waals surface area contributed by atoms with Crippen molar-refractivity contribution in [3.63, 3.8) is 0 Å². The zero-order valence-corrected chi connectivity index (χ0v) is 19.8. The maximum absolute atomic E-state index is 6.73. The third-order valence-corrected chi connectivity index (χ3v) is 6.74. The number of hydrogen-bond donors (Lipinski definition) is 0. The van der Waals surface area contributed by atoms with Gasteiger partial charge in [-0.15, -0.1) is 4.57 Å². The van der Waals surface area contributed by atoms with E-state index in [9.17, 15) is 0 Å². The molecule has 0 bridgehead atoms. The van der Waals surface area contributed by atoms with Crippen molar-refractivity contribution >= 4 is 21.9 Å². The molecule has 0 fully saturated rings. The van der Waals surface area contributed by atoms with Gasteiger partial charge >= 0.3 is 5.89 Å². The molecular weight excluding hydrogens is 418 g/mol. The number of oxazole rings is 1. The Hall–Kier alpha value is -4.11. The number of aryl methyl sites for hydroxylation is 3. The fraction of sp³-hybridized carbons (Fsp3) is 0.129. The molecule has 0 spiro atoms. The SMILES string of the molecule is Cc1cccc(C)c1-c1oc(-c2ccccc2)c(C)[n+]1-c1c(C)ccc2c1oc1ccccc12. The van der Waals surface area contributed by atoms with Crippen molar-refractivity contribution in [2.45, 2.75) is 27.7 Å². The first kappa shape index (κ1) is 20.5. The minimum Gasteiger partial charge on any atom is -0.449 e. The summed E-state index contributed by atoms with van der Waals surface area (Å²) in [5, 5.41) is 2.23. The van der Waals surface area contributed by atoms with Gasteiger partial charge in [0.25, 0.3) is 5.69 Å². The molecule has 166 valence electrons. The summed E-state index contributed by atoms with van der Waals surface area (Å²) >= 11 is 0. The number of hydrogen-bond acceptors (Lipinski definition) is 2. The molecule has 0 saturated carbocycles. The highest BCUT2D eigenvalue weighted by Gasteiger charge is 2.35. The average Bonchev–Trinajstić information content (AvgIpc) is 3.38. The molecule has 2 heterocycles. The van der Waals surface area contributed by atoms with Crippen LogP contribution in [-0.2, 0) is 0 Å². The lowest BCUT2D eigenvalue weighted by molar-refractivity contribution is -0.592. The van der Waals surface area contributed by atoms with E-state index >= 15 is 0 Å². The quantitative estimate of drug-likeness (QED) is 0.259. The summed E-state index contributed by atoms with van der Waals surface area (Å²) in [6.07, 6.45) is 0. The largest absolute Gasteiger partial charge is 0.449 e. The number of fused-ring (bicyclic) bond motifs is 3. The van der Waals surface area contributed by atoms with Crippen LogP contribution in [0.4, 0.5) is 0 Å². The number of para-hydroxylation sites is 1. The third-order valence-electron chi connectivity index (χ3n) is 6.74. The van der Waals surface area contributed by atoms with E-state index in [1.54, 1.807) is 0 Å². The molecule has 3 nitrogen and oxygen atoms in total. The van der Waals surface area contributed by atoms with Crippen molar-refractivity contribution < 1.29 is 13.4 Å². The Morgan fingerprint density at radius 1 is 0.588 bits per heavy atom. The Balaban J connectivity index is 1.76. The van der Waals surface area contributed by atoms with E-state index in [0.29, 0.717) is 0 Å². The van der Waals surface area contributed by atoms with Crippen molar-refractivity contribution in [2.75, 3.05) is 0 Å². The van der Waals surface area contributed by atoms with Crippen molar-refractivity contribution in [2.24, 2.45) is 0 Å². The molecule has 6 rings (SSSR count). The first-order chi connectivity index (χ1) is 16.5. The fourth-order valence-corrected chi connectivity index (χ4v) is 5.06. The van der Waals surface area contributed by atoms with Gasteiger partial charge in [0, 0.05) is 28.8 Å². The first-order valence-corrected chi connectivity index (χ1v) is 11.6. The van der Waals surface area contributed by atoms with Crippen LogP contribution in [0.25, 0.3) is 50.4 Å². The molecule has 34 heavy (non-hydrogen) atoms. The molecule has 6 aromatic rings. The van der Waals surface area contributed by atoms with E-state index in [2.05, 4.69) is 86.9 Å². The van der Waals surface area contributed by atoms with Crippen LogP contribution in [0.1, 0.15) is 22.4 Å². The normalized spacial score (nSPS) is 11.5. The van der Waals surface area contributed by atoms with Gasteiger partial charge in [-0.2, -0.15) is 0 Å². The Kier molecular flexibility index (Phi) is 4.66. The maximum atomic E-state index is 6.73. The number of rotatable bonds is 3. The Morgan fingerprint density at radius 2 is 1.29 bits per heavy atom. The molecule has 0 amide bonds. The van der Waals surface area contributed by atoms with Crippen molar-refractivity contribution in [1.82, 2.24) is 0 Å². The molecule has 0 atom stereocenters. The highest BCUT2D eigenvalue weighted by atomic mass is 16.4. The Labute approximate surface area is 198 Å². The average molecular weight is 445 g/mol. The predicted molar refractivity (Wildman–Crippen MR) is 137 cm³/mol. The van der Waals surface area contributed by atoms with Crippen LogP contribution in [0.5, 0.6) is 0 Å². The predicted octanol–water partition coefficient (Wildman–Crippen LogP) is 8.02. The molecule has 0 N–H and O–H groups in total. The van der Waals surface area contributed by atoms with Gasteiger partial charge in [-0.05, 0) is 44.0 Å². The lowest BCUT2D eigenvalue weighted by Crippen LogP contribution is -2.35. The fourth-order valence-electron chi connectivity index (χ4n) is 5.06. The lowest BCUT2D eigenvalue weighted by Gasteiger charge is -2.06. The highest BCUT2D eigenvalue weighted by Crippen LogP contribution is 2.37. The zero-order chi connectivity index (χ0) is 23.4. The minimum atomic E-state index is 0.822. The van der Waals surface area contributed by atoms with E-state index in [0.717, 1.165) is 61.7 Å². The second-order valence-corrected chi connectivity index (χ2v) is 9.00. The standard InChI is InChI=1S/C31H26NO2/c1-19-11-10-12-20(2)27(19)31-32(22(4)29(34-31)23-13-6-5-7-14-23)28-21(3)17-18-25-24-15-8-9-16-26(24)33-30(25)28/h5-18H,1-4H3/q+1. The second kappa shape index (κ2) is 7.74. The van der Waals surface area contributed by atoms with Crippen LogP contribution >= 0.6 is 0 Å². The molecule has 3 heteroatoms. The number of aromatic nitrogens is 1. The number of nitrogens with zero attached hydrogens (tertiary/aromatic N) is 1. The molecule has 0 aliphatic carbocycles. The molecule has 2 aromatic heterocycles. The van der Waals surface area contributed by atoms with Gasteiger partial charge in [-0.3, -0.25) is 0 Å². The summed E-state index contributed by atoms with van der Waals surface area (Å²) in [5.74, 6) is 1.69. The molecule has 0 radical (unpaired) electrons. The van der Waals surface area contributed by atoms with Gasteiger partial charge < -0.3 is 8.83 Å². The van der Waals surface area contributed by atoms with Crippen molar-refractivity contribution in [3.05, 3.63) is 107 Å². The molecule has 4 aromatic carbocycles. The van der Waals surface area contributed by atoms with Crippen LogP contribution in [0.3, 0.4) is 0 Å². The Bertz CT molecular complexity index is 1670. The molecule has 0 saturated heterocycles. The summed E-state index contributed by atoms with van der Waals surface area (Å²) in [7, 11) is 0. The van der Waals surface area contributed by atoms with Gasteiger partial charge in [0.15, 0.2) is 0 Å². The van der Waals surface area contributed by atoms with E-state index < -0.39 is 0 Å². The number of furan rings is 1. The minimum absolute atomic E-state index is 0.822. The van der Waals surface area contributed by atoms with Crippen LogP contribution in [-0.4, -0.2) is 0 Å². The van der Waals surface area contributed by atoms with E-state index in [4.69, 9.17) is 8.83 Å². The molecule has 0 unspecified atom stereocenters. The van der Waals surface area contributed by atoms with Crippen molar-refractivity contribution in [1.29, 1.82) is 0 Å². The van der Waals surface area contributed by atoms with Crippen LogP contribution in [0.15, 0.2) is 93.8 Å². The maximum Gasteiger partial charge on any atom is 0.387 e. The molecule has 0 aliphatic heterocycles. The Morgan fingerprint density at radius 3 is 2.06 bits per heavy atom. The van der Waals surface area contributed by atoms with Gasteiger partial charge in [0.2, 0.25) is 17.0 Å². The summed E-state index contributed by atoms with van der Waals surface area (Å²) in [5.41, 5.74) is 9.49. The van der Waals surface area contributed by atoms with E-state index in [1.807, 2.05) is 30.3 Å².